The average Bonchev–Trinajstić information content (AvgIpc) is 2.85. The highest BCUT2D eigenvalue weighted by Gasteiger charge is 2.44. The first-order valence-corrected chi connectivity index (χ1v) is 7.29. The summed E-state index contributed by atoms with van der Waals surface area (Å²) in [7, 11) is 0. The van der Waals surface area contributed by atoms with Gasteiger partial charge in [0, 0.05) is 18.4 Å². The number of halogens is 1. The minimum Gasteiger partial charge on any atom is -0.341 e. The molecule has 0 aromatic heterocycles. The first kappa shape index (κ1) is 12.4. The second kappa shape index (κ2) is 4.65. The molecule has 2 aliphatic rings. The lowest BCUT2D eigenvalue weighted by molar-refractivity contribution is -0.131. The number of carbonyl (C=O) groups is 1. The summed E-state index contributed by atoms with van der Waals surface area (Å²) in [6.45, 7) is 3.63. The zero-order valence-corrected chi connectivity index (χ0v) is 11.5. The Kier molecular flexibility index (Phi) is 3.59. The lowest BCUT2D eigenvalue weighted by Crippen LogP contribution is -2.41. The smallest absolute Gasteiger partial charge is 0.239 e. The molecule has 92 valence electrons. The SMILES string of the molecule is C[C@H](N)C(=O)N1CC[C@]2(CC[C@@H](CBr)C2)C1. The fraction of sp³-hybridized carbons (Fsp3) is 0.917. The van der Waals surface area contributed by atoms with Gasteiger partial charge in [0.25, 0.3) is 0 Å². The van der Waals surface area contributed by atoms with Gasteiger partial charge in [0.1, 0.15) is 0 Å². The predicted molar refractivity (Wildman–Crippen MR) is 68.4 cm³/mol. The number of hydrogen-bond acceptors (Lipinski definition) is 2. The molecule has 0 bridgehead atoms. The van der Waals surface area contributed by atoms with Crippen molar-refractivity contribution >= 4 is 21.8 Å². The summed E-state index contributed by atoms with van der Waals surface area (Å²) < 4.78 is 0. The molecular formula is C12H21BrN2O. The Balaban J connectivity index is 1.95. The van der Waals surface area contributed by atoms with Crippen LogP contribution in [0.3, 0.4) is 0 Å². The number of likely N-dealkylation sites (tertiary alicyclic amines) is 1. The van der Waals surface area contributed by atoms with Gasteiger partial charge in [-0.25, -0.2) is 0 Å². The van der Waals surface area contributed by atoms with Crippen LogP contribution in [0.2, 0.25) is 0 Å². The maximum atomic E-state index is 11.8. The van der Waals surface area contributed by atoms with Gasteiger partial charge in [-0.2, -0.15) is 0 Å². The number of alkyl halides is 1. The lowest BCUT2D eigenvalue weighted by atomic mass is 9.85. The third kappa shape index (κ3) is 2.28. The topological polar surface area (TPSA) is 46.3 Å². The van der Waals surface area contributed by atoms with Crippen LogP contribution < -0.4 is 5.73 Å². The van der Waals surface area contributed by atoms with Crippen LogP contribution in [0.15, 0.2) is 0 Å². The summed E-state index contributed by atoms with van der Waals surface area (Å²) in [5.41, 5.74) is 6.08. The maximum Gasteiger partial charge on any atom is 0.239 e. The molecule has 2 fully saturated rings. The molecule has 4 heteroatoms. The van der Waals surface area contributed by atoms with Crippen LogP contribution in [0.5, 0.6) is 0 Å². The molecule has 1 amide bonds. The van der Waals surface area contributed by atoms with Gasteiger partial charge in [-0.3, -0.25) is 4.79 Å². The zero-order valence-electron chi connectivity index (χ0n) is 9.92. The van der Waals surface area contributed by atoms with E-state index in [-0.39, 0.29) is 11.9 Å². The van der Waals surface area contributed by atoms with E-state index in [2.05, 4.69) is 15.9 Å². The lowest BCUT2D eigenvalue weighted by Gasteiger charge is -2.25. The largest absolute Gasteiger partial charge is 0.341 e. The quantitative estimate of drug-likeness (QED) is 0.787. The normalized spacial score (nSPS) is 35.9. The Morgan fingerprint density at radius 3 is 2.94 bits per heavy atom. The van der Waals surface area contributed by atoms with Crippen molar-refractivity contribution in [1.29, 1.82) is 0 Å². The Morgan fingerprint density at radius 2 is 2.38 bits per heavy atom. The summed E-state index contributed by atoms with van der Waals surface area (Å²) in [5, 5.41) is 1.11. The van der Waals surface area contributed by atoms with E-state index in [1.807, 2.05) is 4.90 Å². The van der Waals surface area contributed by atoms with Crippen molar-refractivity contribution in [3.8, 4) is 0 Å². The van der Waals surface area contributed by atoms with E-state index in [1.165, 1.54) is 25.7 Å². The van der Waals surface area contributed by atoms with Crippen molar-refractivity contribution in [1.82, 2.24) is 4.90 Å². The van der Waals surface area contributed by atoms with Gasteiger partial charge in [-0.15, -0.1) is 0 Å². The summed E-state index contributed by atoms with van der Waals surface area (Å²) in [6, 6.07) is -0.344. The van der Waals surface area contributed by atoms with E-state index in [9.17, 15) is 4.79 Å². The number of nitrogens with zero attached hydrogens (tertiary/aromatic N) is 1. The number of carbonyl (C=O) groups excluding carboxylic acids is 1. The second-order valence-electron chi connectivity index (χ2n) is 5.56. The monoisotopic (exact) mass is 288 g/mol. The first-order valence-electron chi connectivity index (χ1n) is 6.17. The molecule has 0 unspecified atom stereocenters. The Morgan fingerprint density at radius 1 is 1.62 bits per heavy atom. The van der Waals surface area contributed by atoms with Gasteiger partial charge in [0.2, 0.25) is 5.91 Å². The molecule has 16 heavy (non-hydrogen) atoms. The van der Waals surface area contributed by atoms with Crippen LogP contribution >= 0.6 is 15.9 Å². The number of rotatable bonds is 2. The van der Waals surface area contributed by atoms with Gasteiger partial charge < -0.3 is 10.6 Å². The van der Waals surface area contributed by atoms with Crippen molar-refractivity contribution < 1.29 is 4.79 Å². The molecule has 0 aromatic carbocycles. The van der Waals surface area contributed by atoms with Crippen LogP contribution in [0, 0.1) is 11.3 Å². The number of nitrogens with two attached hydrogens (primary N) is 1. The molecule has 2 rings (SSSR count). The minimum atomic E-state index is -0.344. The molecule has 2 N–H and O–H groups in total. The molecule has 1 saturated heterocycles. The fourth-order valence-corrected chi connectivity index (χ4v) is 3.79. The molecule has 3 atom stereocenters. The molecule has 1 aliphatic heterocycles. The summed E-state index contributed by atoms with van der Waals surface area (Å²) >= 11 is 3.57. The van der Waals surface area contributed by atoms with Gasteiger partial charge in [0.15, 0.2) is 0 Å². The minimum absolute atomic E-state index is 0.124. The van der Waals surface area contributed by atoms with Crippen LogP contribution in [-0.4, -0.2) is 35.3 Å². The summed E-state index contributed by atoms with van der Waals surface area (Å²) in [5.74, 6) is 0.935. The maximum absolute atomic E-state index is 11.8. The van der Waals surface area contributed by atoms with Crippen LogP contribution in [0.1, 0.15) is 32.6 Å². The summed E-state index contributed by atoms with van der Waals surface area (Å²) in [6.07, 6.45) is 5.05. The Hall–Kier alpha value is -0.0900. The molecular weight excluding hydrogens is 268 g/mol. The molecule has 0 radical (unpaired) electrons. The molecule has 1 saturated carbocycles. The standard InChI is InChI=1S/C12H21BrN2O/c1-9(14)11(16)15-5-4-12(8-15)3-2-10(6-12)7-13/h9-10H,2-8,14H2,1H3/t9-,10+,12-/m0/s1. The van der Waals surface area contributed by atoms with E-state index < -0.39 is 0 Å². The third-order valence-electron chi connectivity index (χ3n) is 4.16. The van der Waals surface area contributed by atoms with Gasteiger partial charge in [-0.1, -0.05) is 15.9 Å². The van der Waals surface area contributed by atoms with Crippen LogP contribution in [0.4, 0.5) is 0 Å². The van der Waals surface area contributed by atoms with Crippen molar-refractivity contribution in [2.45, 2.75) is 38.6 Å². The molecule has 0 aromatic rings. The highest BCUT2D eigenvalue weighted by Crippen LogP contribution is 2.48. The van der Waals surface area contributed by atoms with E-state index in [4.69, 9.17) is 5.73 Å². The van der Waals surface area contributed by atoms with Crippen molar-refractivity contribution in [2.75, 3.05) is 18.4 Å². The average molecular weight is 289 g/mol. The van der Waals surface area contributed by atoms with Crippen molar-refractivity contribution in [3.63, 3.8) is 0 Å². The van der Waals surface area contributed by atoms with E-state index in [0.29, 0.717) is 5.41 Å². The molecule has 1 spiro atoms. The first-order chi connectivity index (χ1) is 7.56. The molecule has 1 aliphatic carbocycles. The van der Waals surface area contributed by atoms with E-state index in [0.717, 1.165) is 24.3 Å². The van der Waals surface area contributed by atoms with Gasteiger partial charge in [0.05, 0.1) is 6.04 Å². The van der Waals surface area contributed by atoms with Crippen molar-refractivity contribution in [2.24, 2.45) is 17.1 Å². The fourth-order valence-electron chi connectivity index (χ4n) is 3.24. The van der Waals surface area contributed by atoms with E-state index >= 15 is 0 Å². The number of amides is 1. The second-order valence-corrected chi connectivity index (χ2v) is 6.21. The van der Waals surface area contributed by atoms with E-state index in [1.54, 1.807) is 6.92 Å². The third-order valence-corrected chi connectivity index (χ3v) is 5.08. The predicted octanol–water partition coefficient (Wildman–Crippen LogP) is 1.75. The van der Waals surface area contributed by atoms with Gasteiger partial charge >= 0.3 is 0 Å². The van der Waals surface area contributed by atoms with Crippen LogP contribution in [-0.2, 0) is 4.79 Å². The summed E-state index contributed by atoms with van der Waals surface area (Å²) in [4.78, 5) is 13.8. The molecule has 1 heterocycles. The van der Waals surface area contributed by atoms with Gasteiger partial charge in [-0.05, 0) is 43.9 Å². The zero-order chi connectivity index (χ0) is 11.8. The Bertz CT molecular complexity index is 282. The Labute approximate surface area is 106 Å². The number of hydrogen-bond donors (Lipinski definition) is 1. The van der Waals surface area contributed by atoms with Crippen molar-refractivity contribution in [3.05, 3.63) is 0 Å². The molecule has 3 nitrogen and oxygen atoms in total. The van der Waals surface area contributed by atoms with Crippen LogP contribution in [0.25, 0.3) is 0 Å². The highest BCUT2D eigenvalue weighted by atomic mass is 79.9. The highest BCUT2D eigenvalue weighted by molar-refractivity contribution is 9.09.